The lowest BCUT2D eigenvalue weighted by Crippen LogP contribution is -2.15. The molecule has 28 heavy (non-hydrogen) atoms. The van der Waals surface area contributed by atoms with Crippen molar-refractivity contribution in [2.45, 2.75) is 26.8 Å². The number of H-pyrrole nitrogens is 1. The standard InChI is InChI=1S/C21H22N2O5/c1-13-10-16(14(2)23(13)9-8-20(25)27-3)19(24)12-28-21(26)18-11-15-6-4-5-7-17(15)22-18/h4-7,10-11,22H,8-9,12H2,1-3H3. The Kier molecular flexibility index (Phi) is 5.63. The summed E-state index contributed by atoms with van der Waals surface area (Å²) in [5.41, 5.74) is 3.19. The van der Waals surface area contributed by atoms with Gasteiger partial charge in [-0.1, -0.05) is 18.2 Å². The Hall–Kier alpha value is -3.35. The third kappa shape index (κ3) is 3.98. The second kappa shape index (κ2) is 8.12. The Morgan fingerprint density at radius 3 is 2.57 bits per heavy atom. The monoisotopic (exact) mass is 382 g/mol. The Bertz CT molecular complexity index is 1010. The van der Waals surface area contributed by atoms with Gasteiger partial charge >= 0.3 is 11.9 Å². The number of aryl methyl sites for hydroxylation is 1. The fourth-order valence-corrected chi connectivity index (χ4v) is 3.20. The van der Waals surface area contributed by atoms with Crippen LogP contribution in [0.4, 0.5) is 0 Å². The van der Waals surface area contributed by atoms with Crippen molar-refractivity contribution in [1.82, 2.24) is 9.55 Å². The third-order valence-electron chi connectivity index (χ3n) is 4.73. The molecule has 3 aromatic rings. The molecule has 0 aliphatic carbocycles. The second-order valence-electron chi connectivity index (χ2n) is 6.53. The molecule has 0 amide bonds. The van der Waals surface area contributed by atoms with E-state index in [0.717, 1.165) is 22.3 Å². The van der Waals surface area contributed by atoms with Gasteiger partial charge in [0.05, 0.1) is 13.5 Å². The zero-order chi connectivity index (χ0) is 20.3. The van der Waals surface area contributed by atoms with Gasteiger partial charge in [0.15, 0.2) is 6.61 Å². The predicted octanol–water partition coefficient (Wildman–Crippen LogP) is 3.19. The van der Waals surface area contributed by atoms with Crippen molar-refractivity contribution in [2.24, 2.45) is 0 Å². The van der Waals surface area contributed by atoms with Gasteiger partial charge in [-0.3, -0.25) is 9.59 Å². The average Bonchev–Trinajstić information content (AvgIpc) is 3.25. The second-order valence-corrected chi connectivity index (χ2v) is 6.53. The molecule has 0 saturated heterocycles. The molecule has 0 radical (unpaired) electrons. The van der Waals surface area contributed by atoms with E-state index < -0.39 is 5.97 Å². The highest BCUT2D eigenvalue weighted by Gasteiger charge is 2.19. The number of ether oxygens (including phenoxy) is 2. The number of ketones is 1. The van der Waals surface area contributed by atoms with Gasteiger partial charge in [-0.05, 0) is 32.0 Å². The van der Waals surface area contributed by atoms with Gasteiger partial charge in [0.1, 0.15) is 5.69 Å². The summed E-state index contributed by atoms with van der Waals surface area (Å²) in [5, 5.41) is 0.898. The average molecular weight is 382 g/mol. The SMILES string of the molecule is COC(=O)CCn1c(C)cc(C(=O)COC(=O)c2cc3ccccc3[nH]2)c1C. The number of methoxy groups -OCH3 is 1. The maximum atomic E-state index is 12.5. The largest absolute Gasteiger partial charge is 0.469 e. The first-order chi connectivity index (χ1) is 13.4. The van der Waals surface area contributed by atoms with Crippen molar-refractivity contribution in [2.75, 3.05) is 13.7 Å². The Balaban J connectivity index is 1.66. The van der Waals surface area contributed by atoms with Crippen LogP contribution in [0, 0.1) is 13.8 Å². The number of rotatable bonds is 7. The number of nitrogens with one attached hydrogen (secondary N) is 1. The van der Waals surface area contributed by atoms with E-state index in [9.17, 15) is 14.4 Å². The number of hydrogen-bond acceptors (Lipinski definition) is 5. The zero-order valence-corrected chi connectivity index (χ0v) is 16.1. The van der Waals surface area contributed by atoms with E-state index in [1.165, 1.54) is 7.11 Å². The predicted molar refractivity (Wildman–Crippen MR) is 103 cm³/mol. The van der Waals surface area contributed by atoms with Gasteiger partial charge in [-0.2, -0.15) is 0 Å². The maximum Gasteiger partial charge on any atom is 0.355 e. The van der Waals surface area contributed by atoms with Gasteiger partial charge in [0, 0.05) is 34.4 Å². The molecule has 0 aliphatic heterocycles. The number of nitrogens with zero attached hydrogens (tertiary/aromatic N) is 1. The molecule has 2 aromatic heterocycles. The van der Waals surface area contributed by atoms with E-state index in [0.29, 0.717) is 17.8 Å². The summed E-state index contributed by atoms with van der Waals surface area (Å²) in [7, 11) is 1.34. The lowest BCUT2D eigenvalue weighted by molar-refractivity contribution is -0.140. The highest BCUT2D eigenvalue weighted by molar-refractivity contribution is 6.01. The van der Waals surface area contributed by atoms with E-state index in [-0.39, 0.29) is 24.8 Å². The highest BCUT2D eigenvalue weighted by atomic mass is 16.5. The number of aromatic nitrogens is 2. The number of Topliss-reactive ketones (excluding diaryl/α,β-unsaturated/α-hetero) is 1. The molecule has 0 unspecified atom stereocenters. The molecule has 146 valence electrons. The molecule has 0 spiro atoms. The molecule has 0 atom stereocenters. The van der Waals surface area contributed by atoms with Crippen LogP contribution in [-0.4, -0.2) is 41.0 Å². The number of hydrogen-bond donors (Lipinski definition) is 1. The van der Waals surface area contributed by atoms with Gasteiger partial charge in [-0.25, -0.2) is 4.79 Å². The minimum atomic E-state index is -0.580. The van der Waals surface area contributed by atoms with Gasteiger partial charge < -0.3 is 19.0 Å². The first kappa shape index (κ1) is 19.4. The van der Waals surface area contributed by atoms with Crippen molar-refractivity contribution in [3.8, 4) is 0 Å². The Labute approximate surface area is 162 Å². The van der Waals surface area contributed by atoms with E-state index in [2.05, 4.69) is 9.72 Å². The van der Waals surface area contributed by atoms with Crippen molar-refractivity contribution in [3.05, 3.63) is 59.0 Å². The number of para-hydroxylation sites is 1. The van der Waals surface area contributed by atoms with Crippen LogP contribution in [0.25, 0.3) is 10.9 Å². The number of benzene rings is 1. The van der Waals surface area contributed by atoms with Crippen molar-refractivity contribution in [3.63, 3.8) is 0 Å². The summed E-state index contributed by atoms with van der Waals surface area (Å²) in [6.45, 7) is 3.73. The van der Waals surface area contributed by atoms with E-state index in [1.807, 2.05) is 35.8 Å². The topological polar surface area (TPSA) is 90.4 Å². The number of fused-ring (bicyclic) bond motifs is 1. The van der Waals surface area contributed by atoms with Crippen LogP contribution >= 0.6 is 0 Å². The van der Waals surface area contributed by atoms with Crippen LogP contribution in [0.5, 0.6) is 0 Å². The van der Waals surface area contributed by atoms with E-state index in [1.54, 1.807) is 19.1 Å². The molecule has 7 heteroatoms. The molecule has 0 aliphatic rings. The summed E-state index contributed by atoms with van der Waals surface area (Å²) in [5.74, 6) is -1.18. The summed E-state index contributed by atoms with van der Waals surface area (Å²) in [6.07, 6.45) is 0.218. The van der Waals surface area contributed by atoms with Crippen molar-refractivity contribution in [1.29, 1.82) is 0 Å². The Morgan fingerprint density at radius 2 is 1.86 bits per heavy atom. The van der Waals surface area contributed by atoms with Crippen LogP contribution < -0.4 is 0 Å². The molecule has 1 aromatic carbocycles. The summed E-state index contributed by atoms with van der Waals surface area (Å²) < 4.78 is 11.7. The Morgan fingerprint density at radius 1 is 1.11 bits per heavy atom. The molecule has 3 rings (SSSR count). The van der Waals surface area contributed by atoms with Crippen LogP contribution in [0.15, 0.2) is 36.4 Å². The summed E-state index contributed by atoms with van der Waals surface area (Å²) in [4.78, 5) is 39.1. The molecular formula is C21H22N2O5. The van der Waals surface area contributed by atoms with Gasteiger partial charge in [0.25, 0.3) is 0 Å². The zero-order valence-electron chi connectivity index (χ0n) is 16.1. The minimum absolute atomic E-state index is 0.218. The first-order valence-electron chi connectivity index (χ1n) is 8.92. The highest BCUT2D eigenvalue weighted by Crippen LogP contribution is 2.18. The molecule has 2 heterocycles. The lowest BCUT2D eigenvalue weighted by Gasteiger charge is -2.09. The number of carbonyl (C=O) groups is 3. The minimum Gasteiger partial charge on any atom is -0.469 e. The quantitative estimate of drug-likeness (QED) is 0.501. The number of esters is 2. The van der Waals surface area contributed by atoms with E-state index >= 15 is 0 Å². The van der Waals surface area contributed by atoms with Gasteiger partial charge in [0.2, 0.25) is 5.78 Å². The van der Waals surface area contributed by atoms with E-state index in [4.69, 9.17) is 4.74 Å². The summed E-state index contributed by atoms with van der Waals surface area (Å²) >= 11 is 0. The fraction of sp³-hybridized carbons (Fsp3) is 0.286. The maximum absolute atomic E-state index is 12.5. The smallest absolute Gasteiger partial charge is 0.355 e. The number of aromatic amines is 1. The molecule has 0 fully saturated rings. The molecule has 0 saturated carbocycles. The van der Waals surface area contributed by atoms with Crippen LogP contribution in [0.1, 0.15) is 38.7 Å². The molecule has 1 N–H and O–H groups in total. The third-order valence-corrected chi connectivity index (χ3v) is 4.73. The van der Waals surface area contributed by atoms with Crippen molar-refractivity contribution < 1.29 is 23.9 Å². The lowest BCUT2D eigenvalue weighted by atomic mass is 10.1. The normalized spacial score (nSPS) is 10.8. The summed E-state index contributed by atoms with van der Waals surface area (Å²) in [6, 6.07) is 10.9. The molecule has 0 bridgehead atoms. The van der Waals surface area contributed by atoms with Gasteiger partial charge in [-0.15, -0.1) is 0 Å². The van der Waals surface area contributed by atoms with Crippen molar-refractivity contribution >= 4 is 28.6 Å². The van der Waals surface area contributed by atoms with Crippen LogP contribution in [-0.2, 0) is 20.8 Å². The first-order valence-corrected chi connectivity index (χ1v) is 8.92. The van der Waals surface area contributed by atoms with Crippen LogP contribution in [0.2, 0.25) is 0 Å². The molecular weight excluding hydrogens is 360 g/mol. The number of carbonyl (C=O) groups excluding carboxylic acids is 3. The molecule has 7 nitrogen and oxygen atoms in total. The fourth-order valence-electron chi connectivity index (χ4n) is 3.20. The van der Waals surface area contributed by atoms with Crippen LogP contribution in [0.3, 0.4) is 0 Å².